The van der Waals surface area contributed by atoms with Gasteiger partial charge in [0.25, 0.3) is 5.91 Å². The number of hydrogen-bond donors (Lipinski definition) is 2. The van der Waals surface area contributed by atoms with Crippen LogP contribution in [0.25, 0.3) is 16.7 Å². The number of alkyl halides is 3. The normalized spacial score (nSPS) is 17.6. The van der Waals surface area contributed by atoms with Gasteiger partial charge in [0.2, 0.25) is 0 Å². The summed E-state index contributed by atoms with van der Waals surface area (Å²) in [6.45, 7) is 0.324. The summed E-state index contributed by atoms with van der Waals surface area (Å²) in [6, 6.07) is 8.28. The average molecular weight is 577 g/mol. The van der Waals surface area contributed by atoms with Crippen molar-refractivity contribution in [1.29, 1.82) is 0 Å². The predicted molar refractivity (Wildman–Crippen MR) is 142 cm³/mol. The van der Waals surface area contributed by atoms with Crippen molar-refractivity contribution in [1.82, 2.24) is 24.4 Å². The third-order valence-corrected chi connectivity index (χ3v) is 7.35. The number of aromatic nitrogens is 4. The third kappa shape index (κ3) is 5.53. The lowest BCUT2D eigenvalue weighted by Crippen LogP contribution is -2.39. The molecule has 0 radical (unpaired) electrons. The fraction of sp³-hybridized carbons (Fsp3) is 0.333. The first-order valence-corrected chi connectivity index (χ1v) is 13.0. The van der Waals surface area contributed by atoms with Crippen molar-refractivity contribution >= 4 is 34.4 Å². The van der Waals surface area contributed by atoms with Crippen molar-refractivity contribution in [3.05, 3.63) is 81.4 Å². The smallest absolute Gasteiger partial charge is 0.373 e. The molecule has 40 heavy (non-hydrogen) atoms. The molecule has 0 unspecified atom stereocenters. The fourth-order valence-corrected chi connectivity index (χ4v) is 5.33. The number of nitrogens with zero attached hydrogens (tertiary/aromatic N) is 4. The van der Waals surface area contributed by atoms with Gasteiger partial charge in [0.1, 0.15) is 11.6 Å². The van der Waals surface area contributed by atoms with E-state index >= 15 is 0 Å². The van der Waals surface area contributed by atoms with Gasteiger partial charge in [0, 0.05) is 25.8 Å². The first-order valence-electron chi connectivity index (χ1n) is 12.6. The van der Waals surface area contributed by atoms with Gasteiger partial charge in [-0.05, 0) is 68.0 Å². The van der Waals surface area contributed by atoms with Gasteiger partial charge in [-0.25, -0.2) is 19.2 Å². The molecule has 4 aromatic rings. The van der Waals surface area contributed by atoms with Crippen molar-refractivity contribution in [3.63, 3.8) is 0 Å². The monoisotopic (exact) mass is 576 g/mol. The van der Waals surface area contributed by atoms with E-state index in [2.05, 4.69) is 20.6 Å². The Hall–Kier alpha value is -3.93. The second kappa shape index (κ2) is 10.9. The van der Waals surface area contributed by atoms with Gasteiger partial charge in [0.15, 0.2) is 5.69 Å². The maximum Gasteiger partial charge on any atom is 0.434 e. The first kappa shape index (κ1) is 27.6. The second-order valence-corrected chi connectivity index (χ2v) is 10.2. The molecule has 0 spiro atoms. The van der Waals surface area contributed by atoms with Crippen LogP contribution >= 0.6 is 11.6 Å². The Bertz CT molecular complexity index is 1610. The number of imidazole rings is 1. The number of carbonyl (C=O) groups is 1. The molecule has 3 heterocycles. The van der Waals surface area contributed by atoms with Crippen LogP contribution in [-0.2, 0) is 12.7 Å². The molecular weight excluding hydrogens is 552 g/mol. The number of pyridine rings is 2. The molecule has 1 aliphatic rings. The molecule has 3 aromatic heterocycles. The Labute approximate surface area is 231 Å². The van der Waals surface area contributed by atoms with E-state index in [1.807, 2.05) is 0 Å². The maximum absolute atomic E-state index is 14.2. The Morgan fingerprint density at radius 3 is 2.45 bits per heavy atom. The van der Waals surface area contributed by atoms with E-state index in [1.165, 1.54) is 16.7 Å². The zero-order chi connectivity index (χ0) is 28.6. The highest BCUT2D eigenvalue weighted by atomic mass is 35.5. The van der Waals surface area contributed by atoms with Crippen LogP contribution in [0, 0.1) is 11.7 Å². The highest BCUT2D eigenvalue weighted by Crippen LogP contribution is 2.32. The molecule has 0 atom stereocenters. The molecule has 210 valence electrons. The zero-order valence-corrected chi connectivity index (χ0v) is 22.1. The van der Waals surface area contributed by atoms with Crippen LogP contribution in [0.5, 0.6) is 0 Å². The maximum atomic E-state index is 14.2. The lowest BCUT2D eigenvalue weighted by Gasteiger charge is -2.29. The van der Waals surface area contributed by atoms with Crippen molar-refractivity contribution < 1.29 is 22.4 Å². The van der Waals surface area contributed by atoms with E-state index in [4.69, 9.17) is 11.6 Å². The number of fused-ring (bicyclic) bond motifs is 1. The number of rotatable bonds is 6. The van der Waals surface area contributed by atoms with E-state index in [0.717, 1.165) is 12.3 Å². The summed E-state index contributed by atoms with van der Waals surface area (Å²) in [5.41, 5.74) is -0.710. The van der Waals surface area contributed by atoms with Crippen LogP contribution in [-0.4, -0.2) is 38.1 Å². The van der Waals surface area contributed by atoms with E-state index in [1.54, 1.807) is 36.0 Å². The SMILES string of the molecule is CNc1ccc(-n2c(=O)n(CC3CCC(NC(=O)c4cc(Cl)cnc4C(F)(F)F)CC3)c3cc(F)ccc32)cn1. The predicted octanol–water partition coefficient (Wildman–Crippen LogP) is 5.42. The van der Waals surface area contributed by atoms with Crippen LogP contribution in [0.2, 0.25) is 5.02 Å². The molecular formula is C27H25ClF4N6O2. The zero-order valence-electron chi connectivity index (χ0n) is 21.3. The summed E-state index contributed by atoms with van der Waals surface area (Å²) >= 11 is 5.80. The largest absolute Gasteiger partial charge is 0.434 e. The minimum Gasteiger partial charge on any atom is -0.373 e. The molecule has 13 heteroatoms. The number of amides is 1. The summed E-state index contributed by atoms with van der Waals surface area (Å²) in [5, 5.41) is 5.52. The van der Waals surface area contributed by atoms with Crippen molar-refractivity contribution in [2.75, 3.05) is 12.4 Å². The summed E-state index contributed by atoms with van der Waals surface area (Å²) < 4.78 is 57.3. The minimum absolute atomic E-state index is 0.0385. The number of hydrogen-bond acceptors (Lipinski definition) is 5. The van der Waals surface area contributed by atoms with Gasteiger partial charge in [-0.15, -0.1) is 0 Å². The summed E-state index contributed by atoms with van der Waals surface area (Å²) in [4.78, 5) is 33.8. The molecule has 1 aromatic carbocycles. The lowest BCUT2D eigenvalue weighted by atomic mass is 9.85. The van der Waals surface area contributed by atoms with Crippen molar-refractivity contribution in [2.24, 2.45) is 5.92 Å². The average Bonchev–Trinajstić information content (AvgIpc) is 3.19. The van der Waals surface area contributed by atoms with Crippen molar-refractivity contribution in [2.45, 2.75) is 44.4 Å². The third-order valence-electron chi connectivity index (χ3n) is 7.14. The Kier molecular flexibility index (Phi) is 7.54. The molecule has 2 N–H and O–H groups in total. The molecule has 8 nitrogen and oxygen atoms in total. The number of nitrogens with one attached hydrogen (secondary N) is 2. The Balaban J connectivity index is 1.32. The number of carbonyl (C=O) groups excluding carboxylic acids is 1. The van der Waals surface area contributed by atoms with E-state index in [9.17, 15) is 27.2 Å². The highest BCUT2D eigenvalue weighted by molar-refractivity contribution is 6.30. The molecule has 0 bridgehead atoms. The molecule has 1 amide bonds. The standard InChI is InChI=1S/C27H25ClF4N6O2/c1-33-23-9-7-19(13-34-23)38-21-8-4-17(29)11-22(21)37(26(38)40)14-15-2-5-18(6-3-15)36-25(39)20-10-16(28)12-35-24(20)27(30,31)32/h4,7-13,15,18H,2-3,5-6,14H2,1H3,(H,33,34)(H,36,39). The Morgan fingerprint density at radius 2 is 1.80 bits per heavy atom. The first-order chi connectivity index (χ1) is 19.0. The second-order valence-electron chi connectivity index (χ2n) is 9.75. The van der Waals surface area contributed by atoms with Crippen LogP contribution in [0.15, 0.2) is 53.6 Å². The fourth-order valence-electron chi connectivity index (χ4n) is 5.17. The van der Waals surface area contributed by atoms with Gasteiger partial charge in [0.05, 0.1) is 33.5 Å². The highest BCUT2D eigenvalue weighted by Gasteiger charge is 2.38. The van der Waals surface area contributed by atoms with Gasteiger partial charge in [-0.3, -0.25) is 13.9 Å². The van der Waals surface area contributed by atoms with E-state index in [0.29, 0.717) is 54.8 Å². The van der Waals surface area contributed by atoms with E-state index in [-0.39, 0.29) is 22.7 Å². The Morgan fingerprint density at radius 1 is 1.05 bits per heavy atom. The minimum atomic E-state index is -4.80. The van der Waals surface area contributed by atoms with Crippen molar-refractivity contribution in [3.8, 4) is 5.69 Å². The quantitative estimate of drug-likeness (QED) is 0.299. The van der Waals surface area contributed by atoms with Gasteiger partial charge in [-0.2, -0.15) is 13.2 Å². The van der Waals surface area contributed by atoms with E-state index < -0.39 is 29.2 Å². The van der Waals surface area contributed by atoms with Crippen LogP contribution in [0.3, 0.4) is 0 Å². The summed E-state index contributed by atoms with van der Waals surface area (Å²) in [7, 11) is 1.73. The van der Waals surface area contributed by atoms with Gasteiger partial charge < -0.3 is 10.6 Å². The van der Waals surface area contributed by atoms with Crippen LogP contribution < -0.4 is 16.3 Å². The topological polar surface area (TPSA) is 93.8 Å². The van der Waals surface area contributed by atoms with Crippen LogP contribution in [0.1, 0.15) is 41.7 Å². The number of halogens is 5. The molecule has 1 fully saturated rings. The lowest BCUT2D eigenvalue weighted by molar-refractivity contribution is -0.141. The molecule has 0 saturated heterocycles. The number of benzene rings is 1. The number of anilines is 1. The molecule has 5 rings (SSSR count). The molecule has 0 aliphatic heterocycles. The molecule has 1 saturated carbocycles. The van der Waals surface area contributed by atoms with Gasteiger partial charge in [-0.1, -0.05) is 11.6 Å². The summed E-state index contributed by atoms with van der Waals surface area (Å²) in [6.07, 6.45) is -0.161. The van der Waals surface area contributed by atoms with Crippen LogP contribution in [0.4, 0.5) is 23.4 Å². The molecule has 1 aliphatic carbocycles. The summed E-state index contributed by atoms with van der Waals surface area (Å²) in [5.74, 6) is -0.686. The van der Waals surface area contributed by atoms with Gasteiger partial charge >= 0.3 is 11.9 Å².